The molecule has 25 heavy (non-hydrogen) atoms. The summed E-state index contributed by atoms with van der Waals surface area (Å²) in [6, 6.07) is 12.3. The maximum atomic E-state index is 12.9. The van der Waals surface area contributed by atoms with Crippen LogP contribution in [-0.4, -0.2) is 23.3 Å². The van der Waals surface area contributed by atoms with Crippen molar-refractivity contribution in [1.82, 2.24) is 0 Å². The van der Waals surface area contributed by atoms with Crippen LogP contribution in [0.4, 0.5) is 5.69 Å². The summed E-state index contributed by atoms with van der Waals surface area (Å²) in [5.74, 6) is -0.780. The lowest BCUT2D eigenvalue weighted by atomic mass is 9.88. The highest BCUT2D eigenvalue weighted by atomic mass is 127. The van der Waals surface area contributed by atoms with Crippen LogP contribution in [0.5, 0.6) is 0 Å². The van der Waals surface area contributed by atoms with Gasteiger partial charge < -0.3 is 10.0 Å². The van der Waals surface area contributed by atoms with Gasteiger partial charge in [0.25, 0.3) is 5.91 Å². The Morgan fingerprint density at radius 2 is 1.96 bits per heavy atom. The monoisotopic (exact) mass is 511 g/mol. The maximum absolute atomic E-state index is 12.9. The molecule has 3 rings (SSSR count). The first-order chi connectivity index (χ1) is 11.9. The van der Waals surface area contributed by atoms with E-state index >= 15 is 0 Å². The minimum atomic E-state index is -1.87. The lowest BCUT2D eigenvalue weighted by molar-refractivity contribution is -0.135. The van der Waals surface area contributed by atoms with Gasteiger partial charge in [-0.15, -0.1) is 6.58 Å². The highest BCUT2D eigenvalue weighted by Crippen LogP contribution is 2.44. The second-order valence-electron chi connectivity index (χ2n) is 5.83. The van der Waals surface area contributed by atoms with Crippen molar-refractivity contribution in [2.75, 3.05) is 11.4 Å². The molecule has 1 aliphatic rings. The molecule has 0 aliphatic carbocycles. The molecule has 0 saturated heterocycles. The molecule has 0 spiro atoms. The number of fused-ring (bicyclic) bond motifs is 1. The Bertz CT molecular complexity index is 865. The molecule has 1 N–H and O–H groups in total. The van der Waals surface area contributed by atoms with Crippen molar-refractivity contribution in [2.45, 2.75) is 12.0 Å². The Morgan fingerprint density at radius 3 is 2.60 bits per heavy atom. The summed E-state index contributed by atoms with van der Waals surface area (Å²) in [7, 11) is 0. The summed E-state index contributed by atoms with van der Waals surface area (Å²) in [5.41, 5.74) is -0.360. The van der Waals surface area contributed by atoms with Crippen LogP contribution in [0.2, 0.25) is 0 Å². The van der Waals surface area contributed by atoms with E-state index in [1.165, 1.54) is 4.90 Å². The number of nitrogens with zero attached hydrogens (tertiary/aromatic N) is 1. The zero-order valence-electron chi connectivity index (χ0n) is 13.2. The third-order valence-corrected chi connectivity index (χ3v) is 5.40. The molecule has 1 atom stereocenters. The van der Waals surface area contributed by atoms with E-state index in [4.69, 9.17) is 0 Å². The summed E-state index contributed by atoms with van der Waals surface area (Å²) >= 11 is 5.52. The fraction of sp³-hybridized carbons (Fsp3) is 0.158. The number of amides is 1. The molecule has 1 amide bonds. The molecule has 0 radical (unpaired) electrons. The van der Waals surface area contributed by atoms with Gasteiger partial charge in [0, 0.05) is 25.7 Å². The van der Waals surface area contributed by atoms with Crippen molar-refractivity contribution >= 4 is 55.9 Å². The fourth-order valence-electron chi connectivity index (χ4n) is 2.97. The average Bonchev–Trinajstić information content (AvgIpc) is 2.77. The molecule has 6 heteroatoms. The summed E-state index contributed by atoms with van der Waals surface area (Å²) in [6.45, 7) is 3.93. The zero-order chi connectivity index (χ0) is 18.2. The van der Waals surface area contributed by atoms with Crippen LogP contribution in [0.3, 0.4) is 0 Å². The van der Waals surface area contributed by atoms with Gasteiger partial charge in [-0.05, 0) is 52.9 Å². The van der Waals surface area contributed by atoms with Gasteiger partial charge in [-0.25, -0.2) is 0 Å². The van der Waals surface area contributed by atoms with E-state index in [0.29, 0.717) is 16.8 Å². The van der Waals surface area contributed by atoms with Gasteiger partial charge in [-0.3, -0.25) is 9.59 Å². The Hall–Kier alpha value is -1.51. The number of hydrogen-bond donors (Lipinski definition) is 1. The number of anilines is 1. The van der Waals surface area contributed by atoms with Gasteiger partial charge in [-0.1, -0.05) is 34.1 Å². The van der Waals surface area contributed by atoms with E-state index in [-0.39, 0.29) is 18.7 Å². The van der Waals surface area contributed by atoms with Gasteiger partial charge in [0.15, 0.2) is 11.4 Å². The third kappa shape index (κ3) is 3.30. The normalized spacial score (nSPS) is 19.0. The number of aliphatic hydroxyl groups is 1. The third-order valence-electron chi connectivity index (χ3n) is 4.19. The second kappa shape index (κ2) is 7.01. The van der Waals surface area contributed by atoms with Crippen molar-refractivity contribution in [3.8, 4) is 0 Å². The number of Topliss-reactive ketones (excluding diaryl/α,β-unsaturated/α-hetero) is 1. The molecule has 4 nitrogen and oxygen atoms in total. The number of halogens is 2. The number of carbonyl (C=O) groups excluding carboxylic acids is 2. The summed E-state index contributed by atoms with van der Waals surface area (Å²) < 4.78 is 1.75. The largest absolute Gasteiger partial charge is 0.375 e. The molecule has 0 saturated carbocycles. The first-order valence-electron chi connectivity index (χ1n) is 7.61. The van der Waals surface area contributed by atoms with E-state index < -0.39 is 11.5 Å². The predicted molar refractivity (Wildman–Crippen MR) is 109 cm³/mol. The lowest BCUT2D eigenvalue weighted by Crippen LogP contribution is -2.41. The molecule has 1 aliphatic heterocycles. The highest BCUT2D eigenvalue weighted by Gasteiger charge is 2.50. The van der Waals surface area contributed by atoms with E-state index in [9.17, 15) is 14.7 Å². The smallest absolute Gasteiger partial charge is 0.264 e. The number of benzene rings is 2. The van der Waals surface area contributed by atoms with E-state index in [1.807, 2.05) is 12.1 Å². The van der Waals surface area contributed by atoms with Crippen LogP contribution in [0.15, 0.2) is 59.6 Å². The predicted octanol–water partition coefficient (Wildman–Crippen LogP) is 4.05. The molecule has 1 unspecified atom stereocenters. The molecule has 0 fully saturated rings. The van der Waals surface area contributed by atoms with Crippen molar-refractivity contribution in [3.63, 3.8) is 0 Å². The van der Waals surface area contributed by atoms with Crippen LogP contribution in [0.25, 0.3) is 0 Å². The molecular formula is C19H15BrINO3. The number of hydrogen-bond acceptors (Lipinski definition) is 3. The van der Waals surface area contributed by atoms with Crippen LogP contribution < -0.4 is 4.90 Å². The number of ketones is 1. The van der Waals surface area contributed by atoms with Crippen molar-refractivity contribution in [1.29, 1.82) is 0 Å². The molecule has 0 bridgehead atoms. The average molecular weight is 512 g/mol. The molecule has 0 aromatic heterocycles. The van der Waals surface area contributed by atoms with Gasteiger partial charge in [-0.2, -0.15) is 0 Å². The molecule has 2 aromatic carbocycles. The molecule has 2 aromatic rings. The van der Waals surface area contributed by atoms with Gasteiger partial charge in [0.1, 0.15) is 0 Å². The minimum Gasteiger partial charge on any atom is -0.375 e. The van der Waals surface area contributed by atoms with E-state index in [2.05, 4.69) is 45.1 Å². The Kier molecular flexibility index (Phi) is 5.13. The number of carbonyl (C=O) groups is 2. The summed E-state index contributed by atoms with van der Waals surface area (Å²) in [6.07, 6.45) is 1.29. The first kappa shape index (κ1) is 18.3. The van der Waals surface area contributed by atoms with Crippen molar-refractivity contribution in [3.05, 3.63) is 74.3 Å². The van der Waals surface area contributed by atoms with Gasteiger partial charge >= 0.3 is 0 Å². The lowest BCUT2D eigenvalue weighted by Gasteiger charge is -2.22. The molecule has 128 valence electrons. The summed E-state index contributed by atoms with van der Waals surface area (Å²) in [5, 5.41) is 11.2. The SMILES string of the molecule is C=CCN1C(=O)C(O)(CC(=O)c2ccc(I)cc2)c2cc(Br)ccc21. The second-order valence-corrected chi connectivity index (χ2v) is 7.99. The van der Waals surface area contributed by atoms with Crippen LogP contribution in [0, 0.1) is 3.57 Å². The Morgan fingerprint density at radius 1 is 1.28 bits per heavy atom. The maximum Gasteiger partial charge on any atom is 0.264 e. The van der Waals surface area contributed by atoms with Crippen LogP contribution in [0.1, 0.15) is 22.3 Å². The van der Waals surface area contributed by atoms with Crippen molar-refractivity contribution in [2.24, 2.45) is 0 Å². The van der Waals surface area contributed by atoms with E-state index in [0.717, 1.165) is 8.04 Å². The van der Waals surface area contributed by atoms with Crippen molar-refractivity contribution < 1.29 is 14.7 Å². The van der Waals surface area contributed by atoms with Crippen LogP contribution in [-0.2, 0) is 10.4 Å². The highest BCUT2D eigenvalue weighted by molar-refractivity contribution is 14.1. The Labute approximate surface area is 167 Å². The Balaban J connectivity index is 2.00. The van der Waals surface area contributed by atoms with Gasteiger partial charge in [0.2, 0.25) is 0 Å². The van der Waals surface area contributed by atoms with Crippen LogP contribution >= 0.6 is 38.5 Å². The molecule has 1 heterocycles. The number of rotatable bonds is 5. The minimum absolute atomic E-state index is 0.271. The topological polar surface area (TPSA) is 57.6 Å². The fourth-order valence-corrected chi connectivity index (χ4v) is 3.69. The van der Waals surface area contributed by atoms with Gasteiger partial charge in [0.05, 0.1) is 12.1 Å². The molecular weight excluding hydrogens is 497 g/mol. The summed E-state index contributed by atoms with van der Waals surface area (Å²) in [4.78, 5) is 27.0. The standard InChI is InChI=1S/C19H15BrINO3/c1-2-9-22-16-8-5-13(20)10-15(16)19(25,18(22)24)11-17(23)12-3-6-14(21)7-4-12/h2-8,10,25H,1,9,11H2. The first-order valence-corrected chi connectivity index (χ1v) is 9.48. The van der Waals surface area contributed by atoms with E-state index in [1.54, 1.807) is 36.4 Å². The quantitative estimate of drug-likeness (QED) is 0.374. The zero-order valence-corrected chi connectivity index (χ0v) is 17.0.